The van der Waals surface area contributed by atoms with Gasteiger partial charge in [-0.05, 0) is 53.6 Å². The van der Waals surface area contributed by atoms with Crippen molar-refractivity contribution in [2.24, 2.45) is 0 Å². The summed E-state index contributed by atoms with van der Waals surface area (Å²) >= 11 is 6.33. The van der Waals surface area contributed by atoms with E-state index in [1.165, 1.54) is 49.6 Å². The molecule has 0 aromatic heterocycles. The summed E-state index contributed by atoms with van der Waals surface area (Å²) in [4.78, 5) is 24.6. The summed E-state index contributed by atoms with van der Waals surface area (Å²) in [5.41, 5.74) is 1.62. The van der Waals surface area contributed by atoms with Gasteiger partial charge >= 0.3 is 0 Å². The Bertz CT molecular complexity index is 1270. The number of ether oxygens (including phenoxy) is 2. The molecular formula is C26H21ClFN3O4. The van der Waals surface area contributed by atoms with Crippen molar-refractivity contribution in [2.45, 2.75) is 6.54 Å². The lowest BCUT2D eigenvalue weighted by atomic mass is 10.1. The molecule has 3 aromatic carbocycles. The molecule has 3 aromatic rings. The van der Waals surface area contributed by atoms with Crippen LogP contribution in [0, 0.1) is 17.1 Å². The van der Waals surface area contributed by atoms with Gasteiger partial charge in [-0.15, -0.1) is 0 Å². The number of benzene rings is 3. The fourth-order valence-electron chi connectivity index (χ4n) is 3.02. The van der Waals surface area contributed by atoms with Crippen LogP contribution in [0.15, 0.2) is 72.3 Å². The minimum absolute atomic E-state index is 0.118. The van der Waals surface area contributed by atoms with Crippen LogP contribution in [0.4, 0.5) is 10.1 Å². The predicted molar refractivity (Wildman–Crippen MR) is 130 cm³/mol. The van der Waals surface area contributed by atoms with Crippen molar-refractivity contribution in [1.29, 1.82) is 5.26 Å². The molecule has 0 unspecified atom stereocenters. The van der Waals surface area contributed by atoms with Crippen LogP contribution >= 0.6 is 11.6 Å². The molecule has 0 aliphatic heterocycles. The third kappa shape index (κ3) is 7.32. The Labute approximate surface area is 206 Å². The van der Waals surface area contributed by atoms with E-state index in [0.717, 1.165) is 5.56 Å². The summed E-state index contributed by atoms with van der Waals surface area (Å²) in [7, 11) is 1.39. The van der Waals surface area contributed by atoms with Crippen molar-refractivity contribution in [3.8, 4) is 17.6 Å². The Hall–Kier alpha value is -4.35. The number of halogens is 2. The Kier molecular flexibility index (Phi) is 8.82. The van der Waals surface area contributed by atoms with Crippen LogP contribution in [-0.4, -0.2) is 25.5 Å². The first-order chi connectivity index (χ1) is 16.9. The average molecular weight is 494 g/mol. The van der Waals surface area contributed by atoms with E-state index in [1.807, 2.05) is 36.4 Å². The highest BCUT2D eigenvalue weighted by Gasteiger charge is 2.15. The topological polar surface area (TPSA) is 100 Å². The number of anilines is 1. The van der Waals surface area contributed by atoms with Crippen molar-refractivity contribution in [2.75, 3.05) is 19.0 Å². The van der Waals surface area contributed by atoms with E-state index in [0.29, 0.717) is 11.3 Å². The van der Waals surface area contributed by atoms with Gasteiger partial charge < -0.3 is 20.1 Å². The van der Waals surface area contributed by atoms with Gasteiger partial charge in [0.25, 0.3) is 11.8 Å². The first-order valence-corrected chi connectivity index (χ1v) is 10.8. The molecule has 0 aliphatic rings. The fourth-order valence-corrected chi connectivity index (χ4v) is 3.29. The monoisotopic (exact) mass is 493 g/mol. The van der Waals surface area contributed by atoms with Crippen molar-refractivity contribution < 1.29 is 23.5 Å². The summed E-state index contributed by atoms with van der Waals surface area (Å²) in [6.45, 7) is -0.108. The summed E-state index contributed by atoms with van der Waals surface area (Å²) in [6.07, 6.45) is 1.37. The molecule has 35 heavy (non-hydrogen) atoms. The van der Waals surface area contributed by atoms with E-state index in [2.05, 4.69) is 10.6 Å². The predicted octanol–water partition coefficient (Wildman–Crippen LogP) is 4.73. The quantitative estimate of drug-likeness (QED) is 0.331. The van der Waals surface area contributed by atoms with Crippen LogP contribution in [-0.2, 0) is 16.1 Å². The smallest absolute Gasteiger partial charge is 0.262 e. The fraction of sp³-hybridized carbons (Fsp3) is 0.115. The second-order valence-electron chi connectivity index (χ2n) is 7.22. The second-order valence-corrected chi connectivity index (χ2v) is 7.62. The molecule has 0 saturated heterocycles. The van der Waals surface area contributed by atoms with E-state index < -0.39 is 17.6 Å². The van der Waals surface area contributed by atoms with Gasteiger partial charge in [0.1, 0.15) is 17.5 Å². The molecule has 0 radical (unpaired) electrons. The van der Waals surface area contributed by atoms with Gasteiger partial charge in [-0.2, -0.15) is 5.26 Å². The van der Waals surface area contributed by atoms with Gasteiger partial charge in [0.2, 0.25) is 0 Å². The molecule has 0 bridgehead atoms. The van der Waals surface area contributed by atoms with Crippen molar-refractivity contribution in [3.63, 3.8) is 0 Å². The van der Waals surface area contributed by atoms with Crippen LogP contribution in [0.5, 0.6) is 11.5 Å². The standard InChI is InChI=1S/C26H21ClFN3O4/c1-34-23-13-18(11-19(14-29)26(33)30-15-17-5-3-2-4-6-17)12-22(27)25(23)35-16-24(32)31-21-9-7-20(28)8-10-21/h2-13H,15-16H2,1H3,(H,30,33)(H,31,32)/b19-11+. The maximum Gasteiger partial charge on any atom is 0.262 e. The number of carbonyl (C=O) groups excluding carboxylic acids is 2. The summed E-state index contributed by atoms with van der Waals surface area (Å²) in [5, 5.41) is 14.8. The van der Waals surface area contributed by atoms with Crippen molar-refractivity contribution in [1.82, 2.24) is 5.32 Å². The molecule has 0 atom stereocenters. The first kappa shape index (κ1) is 25.3. The SMILES string of the molecule is COc1cc(/C=C(\C#N)C(=O)NCc2ccccc2)cc(Cl)c1OCC(=O)Nc1ccc(F)cc1. The van der Waals surface area contributed by atoms with Gasteiger partial charge in [-0.25, -0.2) is 4.39 Å². The molecule has 3 rings (SSSR count). The highest BCUT2D eigenvalue weighted by molar-refractivity contribution is 6.32. The van der Waals surface area contributed by atoms with E-state index in [-0.39, 0.29) is 35.2 Å². The van der Waals surface area contributed by atoms with Gasteiger partial charge in [-0.3, -0.25) is 9.59 Å². The lowest BCUT2D eigenvalue weighted by molar-refractivity contribution is -0.118. The van der Waals surface area contributed by atoms with E-state index >= 15 is 0 Å². The number of nitrogens with zero attached hydrogens (tertiary/aromatic N) is 1. The van der Waals surface area contributed by atoms with Crippen LogP contribution in [0.25, 0.3) is 6.08 Å². The Balaban J connectivity index is 1.68. The Morgan fingerprint density at radius 1 is 1.11 bits per heavy atom. The highest BCUT2D eigenvalue weighted by atomic mass is 35.5. The maximum absolute atomic E-state index is 13.0. The highest BCUT2D eigenvalue weighted by Crippen LogP contribution is 2.37. The minimum atomic E-state index is -0.538. The van der Waals surface area contributed by atoms with Crippen molar-refractivity contribution in [3.05, 3.63) is 94.3 Å². The minimum Gasteiger partial charge on any atom is -0.493 e. The van der Waals surface area contributed by atoms with Gasteiger partial charge in [-0.1, -0.05) is 41.9 Å². The zero-order chi connectivity index (χ0) is 25.2. The number of methoxy groups -OCH3 is 1. The van der Waals surface area contributed by atoms with Gasteiger partial charge in [0.05, 0.1) is 12.1 Å². The third-order valence-corrected chi connectivity index (χ3v) is 4.98. The molecule has 0 fully saturated rings. The molecule has 0 heterocycles. The number of amides is 2. The number of carbonyl (C=O) groups is 2. The summed E-state index contributed by atoms with van der Waals surface area (Å²) in [5.74, 6) is -1.11. The molecule has 0 spiro atoms. The third-order valence-electron chi connectivity index (χ3n) is 4.70. The molecule has 2 N–H and O–H groups in total. The largest absolute Gasteiger partial charge is 0.493 e. The van der Waals surface area contributed by atoms with Gasteiger partial charge in [0, 0.05) is 12.2 Å². The molecule has 178 valence electrons. The van der Waals surface area contributed by atoms with E-state index in [9.17, 15) is 19.2 Å². The summed E-state index contributed by atoms with van der Waals surface area (Å²) < 4.78 is 23.8. The Morgan fingerprint density at radius 2 is 1.83 bits per heavy atom. The number of hydrogen-bond acceptors (Lipinski definition) is 5. The molecule has 0 aliphatic carbocycles. The number of nitrogens with one attached hydrogen (secondary N) is 2. The zero-order valence-corrected chi connectivity index (χ0v) is 19.4. The van der Waals surface area contributed by atoms with Crippen LogP contribution in [0.3, 0.4) is 0 Å². The second kappa shape index (κ2) is 12.2. The lowest BCUT2D eigenvalue weighted by Gasteiger charge is -2.13. The number of nitriles is 1. The molecule has 0 saturated carbocycles. The first-order valence-electron chi connectivity index (χ1n) is 10.4. The summed E-state index contributed by atoms with van der Waals surface area (Å²) in [6, 6.07) is 19.5. The van der Waals surface area contributed by atoms with Crippen molar-refractivity contribution >= 4 is 35.2 Å². The molecule has 2 amide bonds. The van der Waals surface area contributed by atoms with Crippen LogP contribution < -0.4 is 20.1 Å². The lowest BCUT2D eigenvalue weighted by Crippen LogP contribution is -2.23. The zero-order valence-electron chi connectivity index (χ0n) is 18.7. The van der Waals surface area contributed by atoms with Gasteiger partial charge in [0.15, 0.2) is 18.1 Å². The molecule has 7 nitrogen and oxygen atoms in total. The normalized spacial score (nSPS) is 10.7. The maximum atomic E-state index is 13.0. The molecular weight excluding hydrogens is 473 g/mol. The number of hydrogen-bond donors (Lipinski definition) is 2. The van der Waals surface area contributed by atoms with E-state index in [1.54, 1.807) is 0 Å². The number of rotatable bonds is 9. The Morgan fingerprint density at radius 3 is 2.49 bits per heavy atom. The average Bonchev–Trinajstić information content (AvgIpc) is 2.86. The van der Waals surface area contributed by atoms with Crippen LogP contribution in [0.2, 0.25) is 5.02 Å². The van der Waals surface area contributed by atoms with E-state index in [4.69, 9.17) is 21.1 Å². The van der Waals surface area contributed by atoms with Crippen LogP contribution in [0.1, 0.15) is 11.1 Å². The molecule has 9 heteroatoms.